The van der Waals surface area contributed by atoms with Crippen molar-refractivity contribution in [3.8, 4) is 0 Å². The highest BCUT2D eigenvalue weighted by molar-refractivity contribution is 9.10. The van der Waals surface area contributed by atoms with Crippen molar-refractivity contribution >= 4 is 31.6 Å². The Morgan fingerprint density at radius 3 is 2.81 bits per heavy atom. The largest absolute Gasteiger partial charge is 0.398 e. The summed E-state index contributed by atoms with van der Waals surface area (Å²) < 4.78 is 40.7. The van der Waals surface area contributed by atoms with Crippen molar-refractivity contribution in [2.75, 3.05) is 5.73 Å². The smallest absolute Gasteiger partial charge is 0.243 e. The fourth-order valence-electron chi connectivity index (χ4n) is 1.83. The van der Waals surface area contributed by atoms with Crippen LogP contribution in [0.3, 0.4) is 0 Å². The molecule has 114 valence electrons. The summed E-state index contributed by atoms with van der Waals surface area (Å²) in [5.41, 5.74) is 5.45. The van der Waals surface area contributed by atoms with E-state index < -0.39 is 21.9 Å². The Morgan fingerprint density at radius 1 is 1.52 bits per heavy atom. The second kappa shape index (κ2) is 6.12. The lowest BCUT2D eigenvalue weighted by atomic mass is 10.2. The van der Waals surface area contributed by atoms with Crippen LogP contribution in [-0.2, 0) is 10.0 Å². The molecule has 1 unspecified atom stereocenters. The summed E-state index contributed by atoms with van der Waals surface area (Å²) in [6.07, 6.45) is 3.64. The van der Waals surface area contributed by atoms with Crippen LogP contribution in [0, 0.1) is 5.82 Å². The topological polar surface area (TPSA) is 101 Å². The van der Waals surface area contributed by atoms with E-state index in [1.165, 1.54) is 6.20 Å². The van der Waals surface area contributed by atoms with Gasteiger partial charge in [-0.2, -0.15) is 0 Å². The molecular formula is C12H14BrFN4O2S. The molecule has 1 atom stereocenters. The Morgan fingerprint density at radius 2 is 2.24 bits per heavy atom. The third-order valence-corrected chi connectivity index (χ3v) is 5.03. The minimum Gasteiger partial charge on any atom is -0.398 e. The minimum atomic E-state index is -3.90. The van der Waals surface area contributed by atoms with E-state index in [4.69, 9.17) is 5.73 Å². The Labute approximate surface area is 130 Å². The molecule has 1 aromatic carbocycles. The summed E-state index contributed by atoms with van der Waals surface area (Å²) in [5, 5.41) is 0. The first-order valence-corrected chi connectivity index (χ1v) is 8.39. The van der Waals surface area contributed by atoms with E-state index in [1.807, 2.05) is 6.92 Å². The maximum Gasteiger partial charge on any atom is 0.243 e. The first-order chi connectivity index (χ1) is 9.85. The molecule has 0 saturated heterocycles. The molecule has 2 rings (SSSR count). The first kappa shape index (κ1) is 15.9. The second-order valence-electron chi connectivity index (χ2n) is 4.36. The summed E-state index contributed by atoms with van der Waals surface area (Å²) in [6, 6.07) is 1.59. The predicted molar refractivity (Wildman–Crippen MR) is 80.5 cm³/mol. The van der Waals surface area contributed by atoms with E-state index in [0.717, 1.165) is 12.1 Å². The number of nitrogens with one attached hydrogen (secondary N) is 2. The number of aromatic amines is 1. The lowest BCUT2D eigenvalue weighted by Gasteiger charge is -2.16. The normalized spacial score (nSPS) is 13.3. The zero-order valence-electron chi connectivity index (χ0n) is 11.1. The van der Waals surface area contributed by atoms with Gasteiger partial charge < -0.3 is 10.7 Å². The number of halogens is 2. The quantitative estimate of drug-likeness (QED) is 0.696. The highest BCUT2D eigenvalue weighted by Gasteiger charge is 2.24. The van der Waals surface area contributed by atoms with Gasteiger partial charge in [-0.25, -0.2) is 22.5 Å². The van der Waals surface area contributed by atoms with Crippen LogP contribution in [0.5, 0.6) is 0 Å². The number of hydrogen-bond acceptors (Lipinski definition) is 4. The van der Waals surface area contributed by atoms with Crippen LogP contribution in [0.25, 0.3) is 0 Å². The molecule has 0 aliphatic carbocycles. The summed E-state index contributed by atoms with van der Waals surface area (Å²) in [5.74, 6) is -0.120. The summed E-state index contributed by atoms with van der Waals surface area (Å²) in [7, 11) is -3.90. The average molecular weight is 377 g/mol. The van der Waals surface area contributed by atoms with Gasteiger partial charge in [0.15, 0.2) is 0 Å². The van der Waals surface area contributed by atoms with E-state index in [2.05, 4.69) is 30.6 Å². The molecule has 4 N–H and O–H groups in total. The first-order valence-electron chi connectivity index (χ1n) is 6.11. The maximum atomic E-state index is 13.3. The fraction of sp³-hybridized carbons (Fsp3) is 0.250. The van der Waals surface area contributed by atoms with Gasteiger partial charge in [0.05, 0.1) is 16.2 Å². The molecule has 0 radical (unpaired) electrons. The zero-order chi connectivity index (χ0) is 15.6. The van der Waals surface area contributed by atoms with E-state index in [1.54, 1.807) is 6.20 Å². The number of benzene rings is 1. The number of sulfonamides is 1. The lowest BCUT2D eigenvalue weighted by molar-refractivity contribution is 0.539. The van der Waals surface area contributed by atoms with Crippen molar-refractivity contribution in [3.63, 3.8) is 0 Å². The molecule has 6 nitrogen and oxygen atoms in total. The molecule has 0 aliphatic heterocycles. The van der Waals surface area contributed by atoms with E-state index in [0.29, 0.717) is 12.2 Å². The molecule has 0 fully saturated rings. The number of aromatic nitrogens is 2. The molecule has 0 aliphatic rings. The van der Waals surface area contributed by atoms with Gasteiger partial charge in [0, 0.05) is 12.4 Å². The zero-order valence-corrected chi connectivity index (χ0v) is 13.5. The number of anilines is 1. The van der Waals surface area contributed by atoms with Crippen LogP contribution in [0.4, 0.5) is 10.1 Å². The van der Waals surface area contributed by atoms with Crippen LogP contribution >= 0.6 is 15.9 Å². The fourth-order valence-corrected chi connectivity index (χ4v) is 3.74. The maximum absolute atomic E-state index is 13.3. The number of nitrogen functional groups attached to an aromatic ring is 1. The third-order valence-electron chi connectivity index (χ3n) is 2.90. The SMILES string of the molecule is CCC(NS(=O)(=O)c1cc(Br)c(F)cc1N)c1ncc[nH]1. The standard InChI is InChI=1S/C12H14BrFN4O2S/c1-2-10(12-16-3-4-17-12)18-21(19,20)11-5-7(13)8(14)6-9(11)15/h3-6,10,18H,2,15H2,1H3,(H,16,17). The highest BCUT2D eigenvalue weighted by atomic mass is 79.9. The van der Waals surface area contributed by atoms with Crippen molar-refractivity contribution in [1.29, 1.82) is 0 Å². The van der Waals surface area contributed by atoms with E-state index in [-0.39, 0.29) is 15.1 Å². The molecule has 0 bridgehead atoms. The average Bonchev–Trinajstić information content (AvgIpc) is 2.94. The van der Waals surface area contributed by atoms with Crippen molar-refractivity contribution in [3.05, 3.63) is 40.6 Å². The van der Waals surface area contributed by atoms with Crippen LogP contribution in [0.1, 0.15) is 25.2 Å². The van der Waals surface area contributed by atoms with Crippen LogP contribution in [-0.4, -0.2) is 18.4 Å². The van der Waals surface area contributed by atoms with Gasteiger partial charge in [0.2, 0.25) is 10.0 Å². The number of nitrogens with zero attached hydrogens (tertiary/aromatic N) is 1. The Hall–Kier alpha value is -1.45. The van der Waals surface area contributed by atoms with Gasteiger partial charge in [-0.1, -0.05) is 6.92 Å². The molecular weight excluding hydrogens is 363 g/mol. The number of rotatable bonds is 5. The van der Waals surface area contributed by atoms with Gasteiger partial charge >= 0.3 is 0 Å². The number of hydrogen-bond donors (Lipinski definition) is 3. The summed E-state index contributed by atoms with van der Waals surface area (Å²) >= 11 is 2.95. The Bertz CT molecular complexity index is 734. The molecule has 0 spiro atoms. The number of H-pyrrole nitrogens is 1. The van der Waals surface area contributed by atoms with Crippen LogP contribution in [0.15, 0.2) is 33.9 Å². The Balaban J connectivity index is 2.36. The summed E-state index contributed by atoms with van der Waals surface area (Å²) in [4.78, 5) is 6.72. The van der Waals surface area contributed by atoms with Gasteiger partial charge in [-0.3, -0.25) is 0 Å². The van der Waals surface area contributed by atoms with E-state index >= 15 is 0 Å². The van der Waals surface area contributed by atoms with Crippen LogP contribution < -0.4 is 10.5 Å². The molecule has 1 heterocycles. The molecule has 0 amide bonds. The van der Waals surface area contributed by atoms with E-state index in [9.17, 15) is 12.8 Å². The van der Waals surface area contributed by atoms with Crippen molar-refractivity contribution in [2.45, 2.75) is 24.3 Å². The van der Waals surface area contributed by atoms with Gasteiger partial charge in [0.1, 0.15) is 16.5 Å². The van der Waals surface area contributed by atoms with Crippen LogP contribution in [0.2, 0.25) is 0 Å². The number of imidazole rings is 1. The molecule has 0 saturated carbocycles. The molecule has 21 heavy (non-hydrogen) atoms. The Kier molecular flexibility index (Phi) is 4.64. The highest BCUT2D eigenvalue weighted by Crippen LogP contribution is 2.27. The molecule has 2 aromatic rings. The van der Waals surface area contributed by atoms with Crippen molar-refractivity contribution < 1.29 is 12.8 Å². The predicted octanol–water partition coefficient (Wildman–Crippen LogP) is 2.32. The van der Waals surface area contributed by atoms with Crippen molar-refractivity contribution in [1.82, 2.24) is 14.7 Å². The number of nitrogens with two attached hydrogens (primary N) is 1. The van der Waals surface area contributed by atoms with Crippen molar-refractivity contribution in [2.24, 2.45) is 0 Å². The monoisotopic (exact) mass is 376 g/mol. The van der Waals surface area contributed by atoms with Gasteiger partial charge in [-0.05, 0) is 34.5 Å². The summed E-state index contributed by atoms with van der Waals surface area (Å²) in [6.45, 7) is 1.82. The third kappa shape index (κ3) is 3.42. The minimum absolute atomic E-state index is 0.0307. The van der Waals surface area contributed by atoms with Gasteiger partial charge in [-0.15, -0.1) is 0 Å². The molecule has 9 heteroatoms. The molecule has 1 aromatic heterocycles. The second-order valence-corrected chi connectivity index (χ2v) is 6.90. The lowest BCUT2D eigenvalue weighted by Crippen LogP contribution is -2.29. The van der Waals surface area contributed by atoms with Gasteiger partial charge in [0.25, 0.3) is 0 Å².